The van der Waals surface area contributed by atoms with Crippen LogP contribution >= 0.6 is 11.6 Å². The van der Waals surface area contributed by atoms with Crippen LogP contribution in [-0.4, -0.2) is 34.6 Å². The highest BCUT2D eigenvalue weighted by atomic mass is 35.5. The van der Waals surface area contributed by atoms with Gasteiger partial charge in [-0.1, -0.05) is 22.2 Å². The van der Waals surface area contributed by atoms with Crippen LogP contribution in [0.15, 0.2) is 36.5 Å². The monoisotopic (exact) mass is 441 g/mol. The molecule has 158 valence electrons. The van der Waals surface area contributed by atoms with E-state index in [1.165, 1.54) is 18.2 Å². The number of aromatic nitrogens is 5. The van der Waals surface area contributed by atoms with Gasteiger partial charge in [-0.2, -0.15) is 0 Å². The van der Waals surface area contributed by atoms with Crippen molar-refractivity contribution in [2.75, 3.05) is 5.32 Å². The smallest absolute Gasteiger partial charge is 0.368 e. The van der Waals surface area contributed by atoms with Crippen molar-refractivity contribution < 1.29 is 14.8 Å². The summed E-state index contributed by atoms with van der Waals surface area (Å²) in [5, 5.41) is 28.9. The summed E-state index contributed by atoms with van der Waals surface area (Å²) in [5.74, 6) is 0.873. The van der Waals surface area contributed by atoms with Crippen LogP contribution in [-0.2, 0) is 6.54 Å². The van der Waals surface area contributed by atoms with Gasteiger partial charge in [0.25, 0.3) is 5.88 Å². The Morgan fingerprint density at radius 1 is 1.26 bits per heavy atom. The molecule has 0 aliphatic carbocycles. The molecule has 0 radical (unpaired) electrons. The Labute approximate surface area is 180 Å². The number of nitro groups is 1. The average Bonchev–Trinajstić information content (AvgIpc) is 3.15. The lowest BCUT2D eigenvalue weighted by molar-refractivity contribution is -0.391. The summed E-state index contributed by atoms with van der Waals surface area (Å²) in [6, 6.07) is 7.83. The fourth-order valence-corrected chi connectivity index (χ4v) is 3.04. The first-order chi connectivity index (χ1) is 14.8. The zero-order valence-electron chi connectivity index (χ0n) is 16.4. The summed E-state index contributed by atoms with van der Waals surface area (Å²) in [6.07, 6.45) is 1.11. The molecule has 0 amide bonds. The highest BCUT2D eigenvalue weighted by Crippen LogP contribution is 2.32. The first-order valence-electron chi connectivity index (χ1n) is 9.05. The third kappa shape index (κ3) is 4.16. The van der Waals surface area contributed by atoms with Crippen LogP contribution in [0.1, 0.15) is 17.1 Å². The van der Waals surface area contributed by atoms with E-state index in [1.54, 1.807) is 26.0 Å². The van der Waals surface area contributed by atoms with Crippen LogP contribution in [0.25, 0.3) is 5.65 Å². The lowest BCUT2D eigenvalue weighted by Gasteiger charge is -2.11. The fraction of sp³-hybridized carbons (Fsp3) is 0.158. The lowest BCUT2D eigenvalue weighted by Crippen LogP contribution is -2.05. The molecule has 31 heavy (non-hydrogen) atoms. The van der Waals surface area contributed by atoms with E-state index in [-0.39, 0.29) is 23.2 Å². The van der Waals surface area contributed by atoms with Gasteiger partial charge in [-0.15, -0.1) is 0 Å². The summed E-state index contributed by atoms with van der Waals surface area (Å²) in [5.41, 5.74) is 1.74. The molecule has 0 spiro atoms. The Morgan fingerprint density at radius 2 is 2.06 bits per heavy atom. The van der Waals surface area contributed by atoms with Crippen LogP contribution in [0, 0.1) is 24.0 Å². The maximum absolute atomic E-state index is 11.1. The number of rotatable bonds is 6. The standard InChI is InChI=1S/C19H16ClN7O4/c1-10-18(20)19(24-11(2)23-10)22-8-12-3-4-13(28)14(7-12)31-16-6-5-15-21-9-17(27(29)30)26(15)25-16/h3-7,9,28H,8H2,1-2H3,(H,22,23,24). The van der Waals surface area contributed by atoms with Crippen molar-refractivity contribution in [2.45, 2.75) is 20.4 Å². The minimum atomic E-state index is -0.595. The molecule has 0 saturated carbocycles. The van der Waals surface area contributed by atoms with Crippen LogP contribution < -0.4 is 10.1 Å². The number of fused-ring (bicyclic) bond motifs is 1. The third-order valence-electron chi connectivity index (χ3n) is 4.33. The number of imidazole rings is 1. The zero-order valence-corrected chi connectivity index (χ0v) is 17.2. The fourth-order valence-electron chi connectivity index (χ4n) is 2.89. The Kier molecular flexibility index (Phi) is 5.26. The molecular formula is C19H16ClN7O4. The summed E-state index contributed by atoms with van der Waals surface area (Å²) in [6.45, 7) is 3.92. The molecule has 0 saturated heterocycles. The van der Waals surface area contributed by atoms with Crippen molar-refractivity contribution in [2.24, 2.45) is 0 Å². The number of halogens is 1. The number of benzene rings is 1. The first-order valence-corrected chi connectivity index (χ1v) is 9.43. The van der Waals surface area contributed by atoms with Crippen molar-refractivity contribution in [3.63, 3.8) is 0 Å². The summed E-state index contributed by atoms with van der Waals surface area (Å²) >= 11 is 6.25. The number of hydrogen-bond acceptors (Lipinski definition) is 9. The maximum Gasteiger partial charge on any atom is 0.368 e. The predicted molar refractivity (Wildman–Crippen MR) is 112 cm³/mol. The molecule has 0 atom stereocenters. The molecule has 0 aliphatic rings. The Bertz CT molecular complexity index is 1310. The summed E-state index contributed by atoms with van der Waals surface area (Å²) in [7, 11) is 0. The van der Waals surface area contributed by atoms with Gasteiger partial charge in [-0.05, 0) is 41.6 Å². The van der Waals surface area contributed by atoms with E-state index in [0.29, 0.717) is 34.6 Å². The topological polar surface area (TPSA) is 141 Å². The Hall–Kier alpha value is -3.99. The lowest BCUT2D eigenvalue weighted by atomic mass is 10.2. The Morgan fingerprint density at radius 3 is 2.84 bits per heavy atom. The van der Waals surface area contributed by atoms with E-state index in [4.69, 9.17) is 16.3 Å². The molecule has 4 rings (SSSR count). The number of nitrogens with zero attached hydrogens (tertiary/aromatic N) is 6. The molecule has 0 aliphatic heterocycles. The second-order valence-corrected chi connectivity index (χ2v) is 6.97. The molecule has 11 nitrogen and oxygen atoms in total. The second-order valence-electron chi connectivity index (χ2n) is 6.59. The maximum atomic E-state index is 11.1. The molecule has 3 heterocycles. The van der Waals surface area contributed by atoms with Gasteiger partial charge >= 0.3 is 5.82 Å². The van der Waals surface area contributed by atoms with E-state index >= 15 is 0 Å². The minimum absolute atomic E-state index is 0.0547. The first kappa shape index (κ1) is 20.3. The highest BCUT2D eigenvalue weighted by molar-refractivity contribution is 6.33. The van der Waals surface area contributed by atoms with Crippen molar-refractivity contribution >= 4 is 28.9 Å². The predicted octanol–water partition coefficient (Wildman–Crippen LogP) is 3.81. The molecule has 3 aromatic heterocycles. The van der Waals surface area contributed by atoms with Gasteiger partial charge in [-0.25, -0.2) is 15.0 Å². The van der Waals surface area contributed by atoms with E-state index < -0.39 is 4.92 Å². The van der Waals surface area contributed by atoms with Crippen molar-refractivity contribution in [3.8, 4) is 17.4 Å². The van der Waals surface area contributed by atoms with E-state index in [2.05, 4.69) is 25.4 Å². The number of aromatic hydroxyl groups is 1. The molecule has 12 heteroatoms. The van der Waals surface area contributed by atoms with Gasteiger partial charge in [0.1, 0.15) is 22.9 Å². The quantitative estimate of drug-likeness (QED) is 0.337. The molecule has 2 N–H and O–H groups in total. The molecule has 1 aromatic carbocycles. The molecule has 4 aromatic rings. The van der Waals surface area contributed by atoms with Gasteiger partial charge in [0.05, 0.1) is 5.69 Å². The van der Waals surface area contributed by atoms with Crippen LogP contribution in [0.3, 0.4) is 0 Å². The number of anilines is 1. The third-order valence-corrected chi connectivity index (χ3v) is 4.79. The molecule has 0 fully saturated rings. The van der Waals surface area contributed by atoms with Gasteiger partial charge < -0.3 is 25.3 Å². The Balaban J connectivity index is 1.56. The van der Waals surface area contributed by atoms with Crippen molar-refractivity contribution in [1.82, 2.24) is 24.6 Å². The summed E-state index contributed by atoms with van der Waals surface area (Å²) in [4.78, 5) is 22.9. The van der Waals surface area contributed by atoms with E-state index in [1.807, 2.05) is 0 Å². The van der Waals surface area contributed by atoms with Crippen LogP contribution in [0.4, 0.5) is 11.6 Å². The minimum Gasteiger partial charge on any atom is -0.504 e. The zero-order chi connectivity index (χ0) is 22.1. The normalized spacial score (nSPS) is 10.9. The number of phenolic OH excluding ortho intramolecular Hbond substituents is 1. The van der Waals surface area contributed by atoms with Gasteiger partial charge in [-0.3, -0.25) is 0 Å². The number of hydrogen-bond donors (Lipinski definition) is 2. The van der Waals surface area contributed by atoms with E-state index in [0.717, 1.165) is 16.3 Å². The van der Waals surface area contributed by atoms with Gasteiger partial charge in [0.15, 0.2) is 11.5 Å². The molecule has 0 unspecified atom stereocenters. The number of phenols is 1. The molecule has 0 bridgehead atoms. The number of ether oxygens (including phenoxy) is 1. The highest BCUT2D eigenvalue weighted by Gasteiger charge is 2.17. The van der Waals surface area contributed by atoms with Gasteiger partial charge in [0.2, 0.25) is 5.65 Å². The largest absolute Gasteiger partial charge is 0.504 e. The summed E-state index contributed by atoms with van der Waals surface area (Å²) < 4.78 is 6.72. The van der Waals surface area contributed by atoms with Gasteiger partial charge in [0, 0.05) is 18.7 Å². The molecular weight excluding hydrogens is 426 g/mol. The van der Waals surface area contributed by atoms with Crippen molar-refractivity contribution in [3.05, 3.63) is 68.7 Å². The van der Waals surface area contributed by atoms with E-state index in [9.17, 15) is 15.2 Å². The number of nitrogens with one attached hydrogen (secondary N) is 1. The van der Waals surface area contributed by atoms with Crippen LogP contribution in [0.2, 0.25) is 5.02 Å². The number of aryl methyl sites for hydroxylation is 2. The second kappa shape index (κ2) is 8.03. The van der Waals surface area contributed by atoms with Crippen LogP contribution in [0.5, 0.6) is 17.4 Å². The SMILES string of the molecule is Cc1nc(C)c(Cl)c(NCc2ccc(O)c(Oc3ccc4ncc([N+](=O)[O-])n4n3)c2)n1. The van der Waals surface area contributed by atoms with Crippen molar-refractivity contribution in [1.29, 1.82) is 0 Å². The average molecular weight is 442 g/mol.